The monoisotopic (exact) mass is 424 g/mol. The van der Waals surface area contributed by atoms with E-state index in [0.717, 1.165) is 0 Å². The van der Waals surface area contributed by atoms with Crippen molar-refractivity contribution >= 4 is 34.7 Å². The lowest BCUT2D eigenvalue weighted by Crippen LogP contribution is -2.21. The van der Waals surface area contributed by atoms with Gasteiger partial charge in [0.25, 0.3) is 11.6 Å². The van der Waals surface area contributed by atoms with Gasteiger partial charge in [0, 0.05) is 27.8 Å². The molecule has 1 amide bonds. The van der Waals surface area contributed by atoms with E-state index in [2.05, 4.69) is 5.32 Å². The van der Waals surface area contributed by atoms with Crippen LogP contribution in [-0.2, 0) is 4.79 Å². The maximum atomic E-state index is 12.8. The molecule has 3 aromatic rings. The van der Waals surface area contributed by atoms with Crippen LogP contribution >= 0.6 is 11.6 Å². The zero-order chi connectivity index (χ0) is 21.7. The molecule has 0 aliphatic carbocycles. The molecule has 0 saturated heterocycles. The van der Waals surface area contributed by atoms with Gasteiger partial charge in [-0.25, -0.2) is 0 Å². The Kier molecular flexibility index (Phi) is 6.44. The van der Waals surface area contributed by atoms with E-state index in [1.54, 1.807) is 49.4 Å². The molecule has 0 radical (unpaired) electrons. The first kappa shape index (κ1) is 21.0. The molecule has 152 valence electrons. The van der Waals surface area contributed by atoms with E-state index in [1.165, 1.54) is 24.3 Å². The molecule has 0 aromatic heterocycles. The predicted octanol–water partition coefficient (Wildman–Crippen LogP) is 4.81. The maximum absolute atomic E-state index is 12.8. The highest BCUT2D eigenvalue weighted by atomic mass is 35.5. The van der Waals surface area contributed by atoms with Gasteiger partial charge in [0.1, 0.15) is 5.75 Å². The van der Waals surface area contributed by atoms with E-state index in [-0.39, 0.29) is 23.6 Å². The molecule has 3 rings (SSSR count). The summed E-state index contributed by atoms with van der Waals surface area (Å²) < 4.78 is 5.42. The first-order valence-electron chi connectivity index (χ1n) is 8.92. The highest BCUT2D eigenvalue weighted by Gasteiger charge is 2.17. The molecule has 8 heteroatoms. The van der Waals surface area contributed by atoms with Crippen LogP contribution in [0.15, 0.2) is 66.7 Å². The van der Waals surface area contributed by atoms with Gasteiger partial charge in [0.15, 0.2) is 12.4 Å². The summed E-state index contributed by atoms with van der Waals surface area (Å²) in [5, 5.41) is 13.9. The minimum absolute atomic E-state index is 0.0305. The normalized spacial score (nSPS) is 10.3. The Morgan fingerprint density at radius 1 is 1.07 bits per heavy atom. The lowest BCUT2D eigenvalue weighted by Gasteiger charge is -2.12. The Hall–Kier alpha value is -3.71. The summed E-state index contributed by atoms with van der Waals surface area (Å²) in [6.07, 6.45) is 0. The smallest absolute Gasteiger partial charge is 0.272 e. The third kappa shape index (κ3) is 5.01. The molecular formula is C22H17ClN2O5. The van der Waals surface area contributed by atoms with Crippen LogP contribution in [0.3, 0.4) is 0 Å². The van der Waals surface area contributed by atoms with Crippen LogP contribution in [0.2, 0.25) is 5.02 Å². The molecule has 0 bridgehead atoms. The SMILES string of the molecule is Cc1cc(OCC(=O)Nc2ccc(Cl)cc2C(=O)c2ccccc2)ccc1[N+](=O)[O-]. The third-order valence-corrected chi connectivity index (χ3v) is 4.51. The summed E-state index contributed by atoms with van der Waals surface area (Å²) in [6.45, 7) is 1.25. The number of halogens is 1. The van der Waals surface area contributed by atoms with Gasteiger partial charge in [-0.15, -0.1) is 0 Å². The van der Waals surface area contributed by atoms with Crippen molar-refractivity contribution in [1.29, 1.82) is 0 Å². The average molecular weight is 425 g/mol. The molecule has 0 unspecified atom stereocenters. The van der Waals surface area contributed by atoms with Crippen LogP contribution in [0.4, 0.5) is 11.4 Å². The molecule has 0 aliphatic heterocycles. The number of nitrogens with zero attached hydrogens (tertiary/aromatic N) is 1. The number of benzene rings is 3. The van der Waals surface area contributed by atoms with Crippen molar-refractivity contribution in [1.82, 2.24) is 0 Å². The fourth-order valence-corrected chi connectivity index (χ4v) is 2.99. The van der Waals surface area contributed by atoms with Gasteiger partial charge < -0.3 is 10.1 Å². The van der Waals surface area contributed by atoms with Gasteiger partial charge in [-0.05, 0) is 37.3 Å². The Balaban J connectivity index is 1.72. The fraction of sp³-hybridized carbons (Fsp3) is 0.0909. The van der Waals surface area contributed by atoms with E-state index < -0.39 is 10.8 Å². The summed E-state index contributed by atoms with van der Waals surface area (Å²) in [5.74, 6) is -0.444. The predicted molar refractivity (Wildman–Crippen MR) is 113 cm³/mol. The number of ether oxygens (including phenoxy) is 1. The first-order valence-corrected chi connectivity index (χ1v) is 9.30. The molecule has 0 saturated carbocycles. The number of amides is 1. The van der Waals surface area contributed by atoms with Gasteiger partial charge in [-0.1, -0.05) is 41.9 Å². The van der Waals surface area contributed by atoms with Crippen LogP contribution in [-0.4, -0.2) is 23.2 Å². The summed E-state index contributed by atoms with van der Waals surface area (Å²) in [7, 11) is 0. The first-order chi connectivity index (χ1) is 14.3. The molecule has 30 heavy (non-hydrogen) atoms. The van der Waals surface area contributed by atoms with Crippen molar-refractivity contribution in [2.45, 2.75) is 6.92 Å². The number of carbonyl (C=O) groups excluding carboxylic acids is 2. The number of carbonyl (C=O) groups is 2. The van der Waals surface area contributed by atoms with E-state index in [9.17, 15) is 19.7 Å². The van der Waals surface area contributed by atoms with Gasteiger partial charge in [-0.2, -0.15) is 0 Å². The number of anilines is 1. The lowest BCUT2D eigenvalue weighted by molar-refractivity contribution is -0.385. The molecule has 0 fully saturated rings. The summed E-state index contributed by atoms with van der Waals surface area (Å²) in [4.78, 5) is 35.6. The number of hydrogen-bond acceptors (Lipinski definition) is 5. The minimum Gasteiger partial charge on any atom is -0.484 e. The van der Waals surface area contributed by atoms with E-state index in [1.807, 2.05) is 0 Å². The Morgan fingerprint density at radius 3 is 2.47 bits per heavy atom. The van der Waals surface area contributed by atoms with E-state index in [4.69, 9.17) is 16.3 Å². The molecule has 0 heterocycles. The highest BCUT2D eigenvalue weighted by molar-refractivity contribution is 6.31. The minimum atomic E-state index is -0.490. The van der Waals surface area contributed by atoms with Gasteiger partial charge in [0.05, 0.1) is 10.6 Å². The van der Waals surface area contributed by atoms with Gasteiger partial charge >= 0.3 is 0 Å². The second-order valence-electron chi connectivity index (χ2n) is 6.43. The van der Waals surface area contributed by atoms with Crippen molar-refractivity contribution in [2.75, 3.05) is 11.9 Å². The fourth-order valence-electron chi connectivity index (χ4n) is 2.82. The molecular weight excluding hydrogens is 408 g/mol. The topological polar surface area (TPSA) is 98.5 Å². The standard InChI is InChI=1S/C22H17ClN2O5/c1-14-11-17(8-10-20(14)25(28)29)30-13-21(26)24-19-9-7-16(23)12-18(19)22(27)15-5-3-2-4-6-15/h2-12H,13H2,1H3,(H,24,26). The number of nitro benzene ring substituents is 1. The Morgan fingerprint density at radius 2 is 1.80 bits per heavy atom. The summed E-state index contributed by atoms with van der Waals surface area (Å²) >= 11 is 6.04. The van der Waals surface area contributed by atoms with Crippen molar-refractivity contribution in [3.8, 4) is 5.75 Å². The summed E-state index contributed by atoms with van der Waals surface area (Å²) in [5.41, 5.74) is 1.42. The lowest BCUT2D eigenvalue weighted by atomic mass is 10.0. The molecule has 0 atom stereocenters. The highest BCUT2D eigenvalue weighted by Crippen LogP contribution is 2.25. The number of nitrogens with one attached hydrogen (secondary N) is 1. The second-order valence-corrected chi connectivity index (χ2v) is 6.86. The number of rotatable bonds is 7. The number of nitro groups is 1. The largest absolute Gasteiger partial charge is 0.484 e. The second kappa shape index (κ2) is 9.19. The van der Waals surface area contributed by atoms with Crippen molar-refractivity contribution < 1.29 is 19.2 Å². The van der Waals surface area contributed by atoms with Crippen LogP contribution in [0.1, 0.15) is 21.5 Å². The van der Waals surface area contributed by atoms with Crippen LogP contribution in [0.25, 0.3) is 0 Å². The van der Waals surface area contributed by atoms with E-state index >= 15 is 0 Å². The number of hydrogen-bond donors (Lipinski definition) is 1. The average Bonchev–Trinajstić information content (AvgIpc) is 2.73. The molecule has 7 nitrogen and oxygen atoms in total. The van der Waals surface area contributed by atoms with Crippen molar-refractivity contribution in [2.24, 2.45) is 0 Å². The van der Waals surface area contributed by atoms with Crippen molar-refractivity contribution in [3.05, 3.63) is 98.6 Å². The molecule has 1 N–H and O–H groups in total. The van der Waals surface area contributed by atoms with Crippen molar-refractivity contribution in [3.63, 3.8) is 0 Å². The Labute approximate surface area is 177 Å². The quantitative estimate of drug-likeness (QED) is 0.333. The zero-order valence-electron chi connectivity index (χ0n) is 15.9. The maximum Gasteiger partial charge on any atom is 0.272 e. The van der Waals surface area contributed by atoms with Gasteiger partial charge in [-0.3, -0.25) is 19.7 Å². The molecule has 0 spiro atoms. The summed E-state index contributed by atoms with van der Waals surface area (Å²) in [6, 6.07) is 17.5. The van der Waals surface area contributed by atoms with Crippen LogP contribution in [0.5, 0.6) is 5.75 Å². The molecule has 3 aromatic carbocycles. The Bertz CT molecular complexity index is 1120. The van der Waals surface area contributed by atoms with Crippen LogP contribution in [0, 0.1) is 17.0 Å². The van der Waals surface area contributed by atoms with E-state index in [0.29, 0.717) is 27.6 Å². The zero-order valence-corrected chi connectivity index (χ0v) is 16.7. The molecule has 0 aliphatic rings. The van der Waals surface area contributed by atoms with Gasteiger partial charge in [0.2, 0.25) is 0 Å². The third-order valence-electron chi connectivity index (χ3n) is 4.27. The number of aryl methyl sites for hydroxylation is 1. The number of ketones is 1. The van der Waals surface area contributed by atoms with Crippen LogP contribution < -0.4 is 10.1 Å².